The maximum Gasteiger partial charge on any atom is 0.230 e. The molecule has 1 amide bonds. The molecule has 0 aliphatic heterocycles. The zero-order valence-electron chi connectivity index (χ0n) is 15.6. The van der Waals surface area contributed by atoms with Crippen LogP contribution < -0.4 is 5.32 Å². The number of hydrogen-bond donors (Lipinski definition) is 1. The van der Waals surface area contributed by atoms with Crippen molar-refractivity contribution in [3.8, 4) is 11.3 Å². The zero-order chi connectivity index (χ0) is 19.3. The minimum Gasteiger partial charge on any atom is -0.353 e. The molecule has 3 aromatic rings. The second-order valence-electron chi connectivity index (χ2n) is 6.92. The van der Waals surface area contributed by atoms with Crippen molar-refractivity contribution < 1.29 is 4.79 Å². The molecule has 28 heavy (non-hydrogen) atoms. The van der Waals surface area contributed by atoms with Crippen LogP contribution in [0.5, 0.6) is 0 Å². The Bertz CT molecular complexity index is 917. The van der Waals surface area contributed by atoms with Gasteiger partial charge in [-0.15, -0.1) is 11.3 Å². The summed E-state index contributed by atoms with van der Waals surface area (Å²) >= 11 is 3.10. The Hall–Kier alpha value is -2.26. The van der Waals surface area contributed by atoms with Crippen LogP contribution in [-0.2, 0) is 4.79 Å². The summed E-state index contributed by atoms with van der Waals surface area (Å²) in [7, 11) is 0. The summed E-state index contributed by atoms with van der Waals surface area (Å²) in [5.41, 5.74) is 2.83. The smallest absolute Gasteiger partial charge is 0.230 e. The lowest BCUT2D eigenvalue weighted by Gasteiger charge is -2.29. The zero-order valence-corrected chi connectivity index (χ0v) is 17.2. The number of nitrogens with one attached hydrogen (secondary N) is 1. The normalized spacial score (nSPS) is 19.5. The lowest BCUT2D eigenvalue weighted by Crippen LogP contribution is -2.38. The Balaban J connectivity index is 1.24. The van der Waals surface area contributed by atoms with Crippen LogP contribution in [0.2, 0.25) is 0 Å². The second kappa shape index (κ2) is 8.83. The van der Waals surface area contributed by atoms with Gasteiger partial charge >= 0.3 is 0 Å². The molecule has 3 heterocycles. The van der Waals surface area contributed by atoms with E-state index >= 15 is 0 Å². The van der Waals surface area contributed by atoms with Crippen LogP contribution in [0.4, 0.5) is 0 Å². The standard InChI is InChI=1S/C19H22N6OS2/c1-13-11-27-19(23-13)28-12-18(26)24-15-2-4-16(5-3-15)25-10-14(8-22-25)17-9-20-6-7-21-17/h6-11,15-16H,2-5,12H2,1H3,(H,24,26). The molecule has 3 aromatic heterocycles. The maximum absolute atomic E-state index is 12.2. The van der Waals surface area contributed by atoms with Crippen molar-refractivity contribution >= 4 is 29.0 Å². The monoisotopic (exact) mass is 414 g/mol. The molecular formula is C19H22N6OS2. The third-order valence-electron chi connectivity index (χ3n) is 4.82. The molecule has 1 fully saturated rings. The van der Waals surface area contributed by atoms with Gasteiger partial charge in [0.2, 0.25) is 5.91 Å². The van der Waals surface area contributed by atoms with Crippen LogP contribution in [0, 0.1) is 6.92 Å². The molecule has 0 radical (unpaired) electrons. The molecule has 0 saturated heterocycles. The number of nitrogens with zero attached hydrogens (tertiary/aromatic N) is 5. The first-order valence-corrected chi connectivity index (χ1v) is 11.2. The van der Waals surface area contributed by atoms with E-state index in [-0.39, 0.29) is 11.9 Å². The Morgan fingerprint density at radius 3 is 2.86 bits per heavy atom. The van der Waals surface area contributed by atoms with Crippen molar-refractivity contribution in [2.24, 2.45) is 0 Å². The highest BCUT2D eigenvalue weighted by Gasteiger charge is 2.24. The fourth-order valence-electron chi connectivity index (χ4n) is 3.40. The van der Waals surface area contributed by atoms with Crippen LogP contribution in [-0.4, -0.2) is 42.4 Å². The first-order valence-electron chi connectivity index (χ1n) is 9.32. The predicted octanol–water partition coefficient (Wildman–Crippen LogP) is 3.50. The molecule has 7 nitrogen and oxygen atoms in total. The van der Waals surface area contributed by atoms with Gasteiger partial charge in [0, 0.05) is 41.3 Å². The number of carbonyl (C=O) groups excluding carboxylic acids is 1. The van der Waals surface area contributed by atoms with E-state index < -0.39 is 0 Å². The van der Waals surface area contributed by atoms with E-state index in [2.05, 4.69) is 25.4 Å². The van der Waals surface area contributed by atoms with Crippen molar-refractivity contribution in [2.45, 2.75) is 49.0 Å². The highest BCUT2D eigenvalue weighted by atomic mass is 32.2. The molecule has 1 aliphatic carbocycles. The SMILES string of the molecule is Cc1csc(SCC(=O)NC2CCC(n3cc(-c4cnccn4)cn3)CC2)n1. The van der Waals surface area contributed by atoms with Crippen molar-refractivity contribution in [1.29, 1.82) is 0 Å². The fraction of sp³-hybridized carbons (Fsp3) is 0.421. The summed E-state index contributed by atoms with van der Waals surface area (Å²) < 4.78 is 2.98. The highest BCUT2D eigenvalue weighted by molar-refractivity contribution is 8.01. The molecule has 0 atom stereocenters. The maximum atomic E-state index is 12.2. The average Bonchev–Trinajstić information content (AvgIpc) is 3.37. The summed E-state index contributed by atoms with van der Waals surface area (Å²) in [6, 6.07) is 0.614. The van der Waals surface area contributed by atoms with Gasteiger partial charge in [0.05, 0.1) is 29.9 Å². The van der Waals surface area contributed by atoms with Crippen LogP contribution in [0.15, 0.2) is 40.7 Å². The Morgan fingerprint density at radius 1 is 1.29 bits per heavy atom. The van der Waals surface area contributed by atoms with Crippen molar-refractivity contribution in [1.82, 2.24) is 30.0 Å². The van der Waals surface area contributed by atoms with Gasteiger partial charge in [-0.25, -0.2) is 4.98 Å². The minimum atomic E-state index is 0.0883. The Morgan fingerprint density at radius 2 is 2.14 bits per heavy atom. The molecule has 0 aromatic carbocycles. The average molecular weight is 415 g/mol. The quantitative estimate of drug-likeness (QED) is 0.622. The van der Waals surface area contributed by atoms with Gasteiger partial charge < -0.3 is 5.32 Å². The van der Waals surface area contributed by atoms with Gasteiger partial charge in [0.1, 0.15) is 0 Å². The highest BCUT2D eigenvalue weighted by Crippen LogP contribution is 2.29. The molecule has 1 aliphatic rings. The molecular weight excluding hydrogens is 392 g/mol. The van der Waals surface area contributed by atoms with E-state index in [1.807, 2.05) is 29.4 Å². The number of thioether (sulfide) groups is 1. The molecule has 1 N–H and O–H groups in total. The van der Waals surface area contributed by atoms with E-state index in [4.69, 9.17) is 0 Å². The number of amides is 1. The number of hydrogen-bond acceptors (Lipinski definition) is 7. The largest absolute Gasteiger partial charge is 0.353 e. The topological polar surface area (TPSA) is 85.6 Å². The molecule has 9 heteroatoms. The van der Waals surface area contributed by atoms with E-state index in [0.717, 1.165) is 47.0 Å². The van der Waals surface area contributed by atoms with Crippen LogP contribution in [0.25, 0.3) is 11.3 Å². The number of thiazole rings is 1. The minimum absolute atomic E-state index is 0.0883. The first-order chi connectivity index (χ1) is 13.7. The summed E-state index contributed by atoms with van der Waals surface area (Å²) in [6.07, 6.45) is 12.9. The van der Waals surface area contributed by atoms with Gasteiger partial charge in [-0.1, -0.05) is 11.8 Å². The summed E-state index contributed by atoms with van der Waals surface area (Å²) in [5.74, 6) is 0.512. The molecule has 146 valence electrons. The van der Waals surface area contributed by atoms with Crippen LogP contribution in [0.1, 0.15) is 37.4 Å². The van der Waals surface area contributed by atoms with Gasteiger partial charge in [-0.05, 0) is 32.6 Å². The summed E-state index contributed by atoms with van der Waals surface area (Å²) in [5, 5.41) is 9.69. The number of aryl methyl sites for hydroxylation is 1. The first kappa shape index (κ1) is 19.1. The number of carbonyl (C=O) groups is 1. The van der Waals surface area contributed by atoms with Crippen LogP contribution >= 0.6 is 23.1 Å². The Kier molecular flexibility index (Phi) is 6.01. The van der Waals surface area contributed by atoms with Gasteiger partial charge in [0.15, 0.2) is 4.34 Å². The number of rotatable bonds is 6. The Labute approximate surface area is 172 Å². The summed E-state index contributed by atoms with van der Waals surface area (Å²) in [4.78, 5) is 25.0. The summed E-state index contributed by atoms with van der Waals surface area (Å²) in [6.45, 7) is 1.97. The lowest BCUT2D eigenvalue weighted by molar-refractivity contribution is -0.119. The van der Waals surface area contributed by atoms with Gasteiger partial charge in [-0.3, -0.25) is 19.4 Å². The fourth-order valence-corrected chi connectivity index (χ4v) is 5.06. The predicted molar refractivity (Wildman–Crippen MR) is 110 cm³/mol. The molecule has 4 rings (SSSR count). The van der Waals surface area contributed by atoms with E-state index in [1.54, 1.807) is 29.9 Å². The van der Waals surface area contributed by atoms with Crippen molar-refractivity contribution in [3.63, 3.8) is 0 Å². The van der Waals surface area contributed by atoms with E-state index in [1.165, 1.54) is 11.8 Å². The molecule has 1 saturated carbocycles. The van der Waals surface area contributed by atoms with Gasteiger partial charge in [-0.2, -0.15) is 5.10 Å². The van der Waals surface area contributed by atoms with Crippen LogP contribution in [0.3, 0.4) is 0 Å². The number of aromatic nitrogens is 5. The third kappa shape index (κ3) is 4.77. The third-order valence-corrected chi connectivity index (χ3v) is 6.96. The van der Waals surface area contributed by atoms with Crippen molar-refractivity contribution in [3.05, 3.63) is 42.1 Å². The lowest BCUT2D eigenvalue weighted by atomic mass is 9.91. The van der Waals surface area contributed by atoms with Crippen molar-refractivity contribution in [2.75, 3.05) is 5.75 Å². The molecule has 0 spiro atoms. The van der Waals surface area contributed by atoms with Gasteiger partial charge in [0.25, 0.3) is 0 Å². The molecule has 0 unspecified atom stereocenters. The molecule has 0 bridgehead atoms. The second-order valence-corrected chi connectivity index (χ2v) is 9.00. The van der Waals surface area contributed by atoms with E-state index in [9.17, 15) is 4.79 Å². The van der Waals surface area contributed by atoms with E-state index in [0.29, 0.717) is 11.8 Å².